The van der Waals surface area contributed by atoms with Crippen molar-refractivity contribution in [1.29, 1.82) is 0 Å². The summed E-state index contributed by atoms with van der Waals surface area (Å²) < 4.78 is 22.1. The van der Waals surface area contributed by atoms with E-state index < -0.39 is 6.10 Å². The molecule has 0 unspecified atom stereocenters. The number of ether oxygens (including phenoxy) is 4. The molecule has 1 aliphatic heterocycles. The number of morpholine rings is 1. The van der Waals surface area contributed by atoms with E-state index in [2.05, 4.69) is 21.9 Å². The van der Waals surface area contributed by atoms with Gasteiger partial charge in [0.05, 0.1) is 20.3 Å². The van der Waals surface area contributed by atoms with Crippen molar-refractivity contribution >= 4 is 0 Å². The van der Waals surface area contributed by atoms with Gasteiger partial charge >= 0.3 is 0 Å². The van der Waals surface area contributed by atoms with Crippen LogP contribution in [0.15, 0.2) is 48.5 Å². The number of hydrogen-bond donors (Lipinski definition) is 1. The average molecular weight is 431 g/mol. The number of methoxy groups -OCH3 is 1. The Bertz CT molecular complexity index is 765. The van der Waals surface area contributed by atoms with Gasteiger partial charge in [0.15, 0.2) is 0 Å². The Kier molecular flexibility index (Phi) is 9.42. The highest BCUT2D eigenvalue weighted by atomic mass is 16.5. The molecular weight excluding hydrogens is 396 g/mol. The van der Waals surface area contributed by atoms with E-state index in [1.54, 1.807) is 13.2 Å². The maximum atomic E-state index is 10.3. The lowest BCUT2D eigenvalue weighted by Gasteiger charge is -2.26. The van der Waals surface area contributed by atoms with Gasteiger partial charge in [0.25, 0.3) is 0 Å². The molecule has 31 heavy (non-hydrogen) atoms. The van der Waals surface area contributed by atoms with E-state index in [0.29, 0.717) is 18.9 Å². The summed E-state index contributed by atoms with van der Waals surface area (Å²) in [6.07, 6.45) is -0.584. The van der Waals surface area contributed by atoms with Gasteiger partial charge in [0.1, 0.15) is 36.6 Å². The fourth-order valence-electron chi connectivity index (χ4n) is 3.48. The summed E-state index contributed by atoms with van der Waals surface area (Å²) in [6.45, 7) is 6.66. The number of nitrogens with zero attached hydrogens (tertiary/aromatic N) is 2. The molecule has 7 heteroatoms. The Morgan fingerprint density at radius 2 is 1.77 bits per heavy atom. The van der Waals surface area contributed by atoms with E-state index in [-0.39, 0.29) is 6.61 Å². The van der Waals surface area contributed by atoms with E-state index in [4.69, 9.17) is 18.9 Å². The van der Waals surface area contributed by atoms with Gasteiger partial charge in [-0.05, 0) is 36.9 Å². The van der Waals surface area contributed by atoms with E-state index in [1.165, 1.54) is 5.56 Å². The molecule has 0 aromatic heterocycles. The van der Waals surface area contributed by atoms with Gasteiger partial charge in [-0.15, -0.1) is 0 Å². The first-order chi connectivity index (χ1) is 15.1. The van der Waals surface area contributed by atoms with Crippen molar-refractivity contribution in [2.24, 2.45) is 0 Å². The third kappa shape index (κ3) is 8.38. The van der Waals surface area contributed by atoms with Crippen LogP contribution in [0.25, 0.3) is 0 Å². The Labute approximate surface area is 185 Å². The van der Waals surface area contributed by atoms with Crippen molar-refractivity contribution in [1.82, 2.24) is 9.80 Å². The van der Waals surface area contributed by atoms with Crippen molar-refractivity contribution in [3.05, 3.63) is 54.1 Å². The number of aliphatic hydroxyl groups is 1. The van der Waals surface area contributed by atoms with Crippen molar-refractivity contribution < 1.29 is 24.1 Å². The molecule has 0 bridgehead atoms. The van der Waals surface area contributed by atoms with E-state index >= 15 is 0 Å². The average Bonchev–Trinajstić information content (AvgIpc) is 2.79. The molecule has 2 aromatic rings. The van der Waals surface area contributed by atoms with Crippen LogP contribution in [0.1, 0.15) is 5.56 Å². The maximum Gasteiger partial charge on any atom is 0.123 e. The molecule has 1 fully saturated rings. The van der Waals surface area contributed by atoms with Crippen LogP contribution in [-0.4, -0.2) is 87.8 Å². The molecule has 0 radical (unpaired) electrons. The van der Waals surface area contributed by atoms with Crippen molar-refractivity contribution in [3.63, 3.8) is 0 Å². The zero-order chi connectivity index (χ0) is 21.9. The minimum absolute atomic E-state index is 0.230. The molecular formula is C24H34N2O5. The molecule has 0 spiro atoms. The number of rotatable bonds is 12. The molecule has 170 valence electrons. The molecule has 1 aliphatic rings. The van der Waals surface area contributed by atoms with Crippen LogP contribution in [0.5, 0.6) is 17.2 Å². The summed E-state index contributed by atoms with van der Waals surface area (Å²) in [5.41, 5.74) is 1.17. The van der Waals surface area contributed by atoms with Crippen LogP contribution in [0, 0.1) is 0 Å². The van der Waals surface area contributed by atoms with Crippen molar-refractivity contribution in [2.75, 3.05) is 66.8 Å². The molecule has 0 saturated carbocycles. The highest BCUT2D eigenvalue weighted by Crippen LogP contribution is 2.19. The molecule has 1 atom stereocenters. The first-order valence-corrected chi connectivity index (χ1v) is 10.8. The summed E-state index contributed by atoms with van der Waals surface area (Å²) in [6, 6.07) is 15.5. The Balaban J connectivity index is 1.34. The van der Waals surface area contributed by atoms with Crippen molar-refractivity contribution in [2.45, 2.75) is 12.6 Å². The van der Waals surface area contributed by atoms with Crippen LogP contribution in [-0.2, 0) is 11.3 Å². The zero-order valence-electron chi connectivity index (χ0n) is 18.5. The van der Waals surface area contributed by atoms with E-state index in [0.717, 1.165) is 50.9 Å². The Morgan fingerprint density at radius 3 is 2.52 bits per heavy atom. The van der Waals surface area contributed by atoms with Crippen LogP contribution < -0.4 is 14.2 Å². The first-order valence-electron chi connectivity index (χ1n) is 10.8. The van der Waals surface area contributed by atoms with E-state index in [9.17, 15) is 5.11 Å². The molecule has 0 aliphatic carbocycles. The van der Waals surface area contributed by atoms with Gasteiger partial charge in [-0.1, -0.05) is 18.2 Å². The summed E-state index contributed by atoms with van der Waals surface area (Å²) in [5, 5.41) is 10.3. The molecule has 7 nitrogen and oxygen atoms in total. The minimum atomic E-state index is -0.584. The zero-order valence-corrected chi connectivity index (χ0v) is 18.5. The highest BCUT2D eigenvalue weighted by molar-refractivity contribution is 5.32. The lowest BCUT2D eigenvalue weighted by atomic mass is 10.2. The summed E-state index contributed by atoms with van der Waals surface area (Å²) in [5.74, 6) is 2.30. The SMILES string of the molecule is COc1cccc(OC[C@H](O)CN(C)Cc2ccc(OCCN3CCOCC3)cc2)c1. The molecule has 1 saturated heterocycles. The monoisotopic (exact) mass is 430 g/mol. The number of benzene rings is 2. The van der Waals surface area contributed by atoms with Crippen LogP contribution in [0.4, 0.5) is 0 Å². The summed E-state index contributed by atoms with van der Waals surface area (Å²) in [7, 11) is 3.61. The third-order valence-corrected chi connectivity index (χ3v) is 5.16. The van der Waals surface area contributed by atoms with Gasteiger partial charge in [-0.2, -0.15) is 0 Å². The van der Waals surface area contributed by atoms with Crippen LogP contribution in [0.3, 0.4) is 0 Å². The van der Waals surface area contributed by atoms with Gasteiger partial charge in [0, 0.05) is 38.8 Å². The molecule has 1 heterocycles. The Morgan fingerprint density at radius 1 is 1.03 bits per heavy atom. The van der Waals surface area contributed by atoms with Crippen molar-refractivity contribution in [3.8, 4) is 17.2 Å². The molecule has 0 amide bonds. The fourth-order valence-corrected chi connectivity index (χ4v) is 3.48. The summed E-state index contributed by atoms with van der Waals surface area (Å²) >= 11 is 0. The third-order valence-electron chi connectivity index (χ3n) is 5.16. The molecule has 1 N–H and O–H groups in total. The normalized spacial score (nSPS) is 15.6. The summed E-state index contributed by atoms with van der Waals surface area (Å²) in [4.78, 5) is 4.43. The smallest absolute Gasteiger partial charge is 0.123 e. The van der Waals surface area contributed by atoms with Gasteiger partial charge in [-0.25, -0.2) is 0 Å². The molecule has 3 rings (SSSR count). The second-order valence-corrected chi connectivity index (χ2v) is 7.79. The number of hydrogen-bond acceptors (Lipinski definition) is 7. The number of aliphatic hydroxyl groups excluding tert-OH is 1. The lowest BCUT2D eigenvalue weighted by molar-refractivity contribution is 0.0322. The maximum absolute atomic E-state index is 10.3. The van der Waals surface area contributed by atoms with Crippen LogP contribution in [0.2, 0.25) is 0 Å². The predicted molar refractivity (Wildman–Crippen MR) is 120 cm³/mol. The quantitative estimate of drug-likeness (QED) is 0.554. The lowest BCUT2D eigenvalue weighted by Crippen LogP contribution is -2.38. The second-order valence-electron chi connectivity index (χ2n) is 7.79. The Hall–Kier alpha value is -2.32. The van der Waals surface area contributed by atoms with Crippen LogP contribution >= 0.6 is 0 Å². The topological polar surface area (TPSA) is 63.6 Å². The number of likely N-dealkylation sites (N-methyl/N-ethyl adjacent to an activating group) is 1. The van der Waals surface area contributed by atoms with E-state index in [1.807, 2.05) is 37.4 Å². The standard InChI is InChI=1S/C24H34N2O5/c1-25(18-21(27)19-31-24-5-3-4-23(16-24)28-2)17-20-6-8-22(9-7-20)30-15-12-26-10-13-29-14-11-26/h3-9,16,21,27H,10-15,17-19H2,1-2H3/t21-/m1/s1. The second kappa shape index (κ2) is 12.5. The highest BCUT2D eigenvalue weighted by Gasteiger charge is 2.11. The molecule has 2 aromatic carbocycles. The first kappa shape index (κ1) is 23.3. The fraction of sp³-hybridized carbons (Fsp3) is 0.500. The van der Waals surface area contributed by atoms with Gasteiger partial charge < -0.3 is 24.1 Å². The van der Waals surface area contributed by atoms with Gasteiger partial charge in [0.2, 0.25) is 0 Å². The largest absolute Gasteiger partial charge is 0.497 e. The minimum Gasteiger partial charge on any atom is -0.497 e. The van der Waals surface area contributed by atoms with Gasteiger partial charge in [-0.3, -0.25) is 9.80 Å². The predicted octanol–water partition coefficient (Wildman–Crippen LogP) is 2.28.